The average Bonchev–Trinajstić information content (AvgIpc) is 3.72. The highest BCUT2D eigenvalue weighted by molar-refractivity contribution is 6.37. The summed E-state index contributed by atoms with van der Waals surface area (Å²) in [5, 5.41) is 17.9. The van der Waals surface area contributed by atoms with E-state index in [0.717, 1.165) is 42.0 Å². The molecule has 9 heteroatoms. The molecule has 3 heterocycles. The van der Waals surface area contributed by atoms with Crippen LogP contribution in [-0.4, -0.2) is 44.9 Å². The number of hydrogen-bond acceptors (Lipinski definition) is 6. The van der Waals surface area contributed by atoms with Crippen molar-refractivity contribution in [1.82, 2.24) is 14.5 Å². The van der Waals surface area contributed by atoms with Crippen molar-refractivity contribution in [1.29, 1.82) is 0 Å². The largest absolute Gasteiger partial charge is 0.354 e. The van der Waals surface area contributed by atoms with E-state index in [1.165, 1.54) is 43.6 Å². The third kappa shape index (κ3) is 5.62. The van der Waals surface area contributed by atoms with Gasteiger partial charge in [0.05, 0.1) is 16.2 Å². The van der Waals surface area contributed by atoms with Gasteiger partial charge in [0.15, 0.2) is 0 Å². The summed E-state index contributed by atoms with van der Waals surface area (Å²) in [6.45, 7) is 3.51. The summed E-state index contributed by atoms with van der Waals surface area (Å²) in [7, 11) is 1.95. The lowest BCUT2D eigenvalue weighted by atomic mass is 9.98. The summed E-state index contributed by atoms with van der Waals surface area (Å²) in [6.07, 6.45) is 8.34. The quantitative estimate of drug-likeness (QED) is 0.152. The van der Waals surface area contributed by atoms with Gasteiger partial charge in [-0.1, -0.05) is 24.3 Å². The van der Waals surface area contributed by atoms with Gasteiger partial charge in [0.25, 0.3) is 11.6 Å². The van der Waals surface area contributed by atoms with Crippen LogP contribution in [0.1, 0.15) is 36.0 Å². The van der Waals surface area contributed by atoms with Gasteiger partial charge in [-0.2, -0.15) is 0 Å². The third-order valence-electron chi connectivity index (χ3n) is 7.82. The third-order valence-corrected chi connectivity index (χ3v) is 7.82. The first-order valence-corrected chi connectivity index (χ1v) is 14.0. The number of carbonyl (C=O) groups excluding carboxylic acids is 1. The van der Waals surface area contributed by atoms with E-state index in [1.807, 2.05) is 54.2 Å². The summed E-state index contributed by atoms with van der Waals surface area (Å²) in [4.78, 5) is 31.3. The Labute approximate surface area is 238 Å². The molecule has 3 aromatic carbocycles. The number of aromatic nitrogens is 2. The van der Waals surface area contributed by atoms with E-state index in [0.29, 0.717) is 22.5 Å². The molecule has 1 amide bonds. The minimum atomic E-state index is -0.443. The molecule has 0 spiro atoms. The number of nitro groups is 1. The minimum Gasteiger partial charge on any atom is -0.354 e. The van der Waals surface area contributed by atoms with Crippen LogP contribution in [0.2, 0.25) is 0 Å². The van der Waals surface area contributed by atoms with Crippen molar-refractivity contribution in [2.45, 2.75) is 25.7 Å². The number of nitrogens with one attached hydrogen (secondary N) is 2. The molecule has 1 fully saturated rings. The second-order valence-corrected chi connectivity index (χ2v) is 10.6. The van der Waals surface area contributed by atoms with Crippen LogP contribution in [0.4, 0.5) is 17.1 Å². The monoisotopic (exact) mass is 548 g/mol. The van der Waals surface area contributed by atoms with Gasteiger partial charge in [-0.05, 0) is 86.8 Å². The van der Waals surface area contributed by atoms with E-state index in [1.54, 1.807) is 12.3 Å². The number of nitrogens with zero attached hydrogens (tertiary/aromatic N) is 4. The van der Waals surface area contributed by atoms with Crippen LogP contribution in [0, 0.1) is 10.1 Å². The summed E-state index contributed by atoms with van der Waals surface area (Å²) in [5.74, 6) is 0.550. The highest BCUT2D eigenvalue weighted by Gasteiger charge is 2.30. The molecular formula is C32H32N6O3. The van der Waals surface area contributed by atoms with E-state index >= 15 is 0 Å². The predicted octanol–water partition coefficient (Wildman–Crippen LogP) is 5.96. The number of rotatable bonds is 9. The first-order chi connectivity index (χ1) is 20.0. The van der Waals surface area contributed by atoms with Crippen LogP contribution >= 0.6 is 0 Å². The highest BCUT2D eigenvalue weighted by atomic mass is 16.6. The van der Waals surface area contributed by atoms with Gasteiger partial charge in [0.2, 0.25) is 0 Å². The van der Waals surface area contributed by atoms with Crippen molar-refractivity contribution in [2.75, 3.05) is 30.3 Å². The molecule has 0 bridgehead atoms. The fourth-order valence-corrected chi connectivity index (χ4v) is 5.64. The number of benzene rings is 3. The molecule has 6 rings (SSSR count). The number of imidazole rings is 1. The molecule has 0 radical (unpaired) electrons. The van der Waals surface area contributed by atoms with Gasteiger partial charge in [-0.15, -0.1) is 0 Å². The Morgan fingerprint density at radius 2 is 1.80 bits per heavy atom. The number of likely N-dealkylation sites (tertiary alicyclic amines) is 1. The minimum absolute atomic E-state index is 0.0649. The lowest BCUT2D eigenvalue weighted by Crippen LogP contribution is -2.20. The molecule has 4 aromatic rings. The average molecular weight is 549 g/mol. The maximum atomic E-state index is 13.3. The van der Waals surface area contributed by atoms with Crippen LogP contribution in [-0.2, 0) is 18.3 Å². The Morgan fingerprint density at radius 1 is 1.05 bits per heavy atom. The summed E-state index contributed by atoms with van der Waals surface area (Å²) in [6, 6.07) is 20.5. The molecule has 2 aliphatic heterocycles. The van der Waals surface area contributed by atoms with Crippen molar-refractivity contribution in [3.05, 3.63) is 106 Å². The van der Waals surface area contributed by atoms with Crippen LogP contribution in [0.25, 0.3) is 22.7 Å². The Kier molecular flexibility index (Phi) is 7.35. The van der Waals surface area contributed by atoms with E-state index < -0.39 is 4.92 Å². The number of amides is 1. The smallest absolute Gasteiger partial charge is 0.270 e. The second-order valence-electron chi connectivity index (χ2n) is 10.6. The highest BCUT2D eigenvalue weighted by Crippen LogP contribution is 2.39. The van der Waals surface area contributed by atoms with Crippen molar-refractivity contribution in [2.24, 2.45) is 7.05 Å². The summed E-state index contributed by atoms with van der Waals surface area (Å²) < 4.78 is 1.95. The molecule has 1 aromatic heterocycles. The summed E-state index contributed by atoms with van der Waals surface area (Å²) >= 11 is 0. The van der Waals surface area contributed by atoms with Crippen molar-refractivity contribution in [3.63, 3.8) is 0 Å². The van der Waals surface area contributed by atoms with Crippen molar-refractivity contribution >= 4 is 34.2 Å². The molecule has 0 atom stereocenters. The molecule has 0 unspecified atom stereocenters. The van der Waals surface area contributed by atoms with E-state index in [2.05, 4.69) is 32.7 Å². The zero-order valence-electron chi connectivity index (χ0n) is 23.0. The Hall–Kier alpha value is -4.76. The number of carbonyl (C=O) groups is 1. The number of fused-ring (bicyclic) bond motifs is 1. The predicted molar refractivity (Wildman–Crippen MR) is 161 cm³/mol. The Bertz CT molecular complexity index is 1620. The topological polar surface area (TPSA) is 105 Å². The van der Waals surface area contributed by atoms with E-state index in [4.69, 9.17) is 0 Å². The first kappa shape index (κ1) is 26.5. The van der Waals surface area contributed by atoms with Gasteiger partial charge in [-0.25, -0.2) is 4.98 Å². The lowest BCUT2D eigenvalue weighted by molar-refractivity contribution is -0.384. The number of nitro benzene ring substituents is 1. The van der Waals surface area contributed by atoms with Gasteiger partial charge < -0.3 is 20.1 Å². The standard InChI is InChI=1S/C32H32N6O3/c1-36-20-16-33-31(36)24-10-12-25(13-11-24)34-30(29-27-21-26(38(40)41)14-15-28(27)35-32(29)39)23-8-6-22(7-9-23)5-4-19-37-17-2-3-18-37/h6-16,20-21,34H,2-5,17-19H2,1H3,(H,35,39). The fourth-order valence-electron chi connectivity index (χ4n) is 5.64. The molecular weight excluding hydrogens is 516 g/mol. The van der Waals surface area contributed by atoms with E-state index in [9.17, 15) is 14.9 Å². The summed E-state index contributed by atoms with van der Waals surface area (Å²) in [5.41, 5.74) is 5.78. The molecule has 0 saturated carbocycles. The first-order valence-electron chi connectivity index (χ1n) is 14.0. The molecule has 9 nitrogen and oxygen atoms in total. The fraction of sp³-hybridized carbons (Fsp3) is 0.250. The van der Waals surface area contributed by atoms with Crippen molar-refractivity contribution < 1.29 is 9.72 Å². The molecule has 1 saturated heterocycles. The Morgan fingerprint density at radius 3 is 2.49 bits per heavy atom. The van der Waals surface area contributed by atoms with Gasteiger partial charge in [0.1, 0.15) is 5.82 Å². The number of non-ortho nitro benzene ring substituents is 1. The number of anilines is 2. The van der Waals surface area contributed by atoms with Crippen LogP contribution in [0.5, 0.6) is 0 Å². The zero-order valence-corrected chi connectivity index (χ0v) is 23.0. The van der Waals surface area contributed by atoms with Crippen molar-refractivity contribution in [3.8, 4) is 11.4 Å². The molecule has 208 valence electrons. The molecule has 41 heavy (non-hydrogen) atoms. The van der Waals surface area contributed by atoms with Gasteiger partial charge in [0, 0.05) is 54.1 Å². The maximum Gasteiger partial charge on any atom is 0.270 e. The van der Waals surface area contributed by atoms with Crippen LogP contribution in [0.3, 0.4) is 0 Å². The molecule has 2 aliphatic rings. The van der Waals surface area contributed by atoms with Crippen LogP contribution in [0.15, 0.2) is 79.1 Å². The zero-order chi connectivity index (χ0) is 28.3. The Balaban J connectivity index is 1.33. The maximum absolute atomic E-state index is 13.3. The molecule has 0 aliphatic carbocycles. The SMILES string of the molecule is Cn1ccnc1-c1ccc(NC(=C2C(=O)Nc3ccc([N+](=O)[O-])cc32)c2ccc(CCCN3CCCC3)cc2)cc1. The van der Waals surface area contributed by atoms with Gasteiger partial charge in [-0.3, -0.25) is 14.9 Å². The number of hydrogen-bond donors (Lipinski definition) is 2. The molecule has 2 N–H and O–H groups in total. The van der Waals surface area contributed by atoms with Crippen LogP contribution < -0.4 is 10.6 Å². The lowest BCUT2D eigenvalue weighted by Gasteiger charge is -2.16. The van der Waals surface area contributed by atoms with Gasteiger partial charge >= 0.3 is 0 Å². The normalized spacial score (nSPS) is 16.0. The van der Waals surface area contributed by atoms with E-state index in [-0.39, 0.29) is 11.6 Å². The number of aryl methyl sites for hydroxylation is 2. The second kappa shape index (κ2) is 11.4.